The Morgan fingerprint density at radius 2 is 2.44 bits per heavy atom. The Morgan fingerprint density at radius 1 is 1.56 bits per heavy atom. The van der Waals surface area contributed by atoms with Gasteiger partial charge in [-0.05, 0) is 38.3 Å². The van der Waals surface area contributed by atoms with Gasteiger partial charge in [0, 0.05) is 18.8 Å². The summed E-state index contributed by atoms with van der Waals surface area (Å²) in [5.74, 6) is 0.679. The Hall–Kier alpha value is -1.60. The topological polar surface area (TPSA) is 49.1 Å². The molecule has 0 radical (unpaired) electrons. The smallest absolute Gasteiger partial charge is 0.213 e. The highest BCUT2D eigenvalue weighted by Crippen LogP contribution is 2.16. The molecule has 0 unspecified atom stereocenters. The summed E-state index contributed by atoms with van der Waals surface area (Å²) in [6.45, 7) is 4.64. The molecule has 0 amide bonds. The highest BCUT2D eigenvalue weighted by atomic mass is 16.5. The minimum Gasteiger partial charge on any atom is -0.478 e. The maximum atomic E-state index is 8.96. The van der Waals surface area contributed by atoms with Gasteiger partial charge in [-0.15, -0.1) is 0 Å². The summed E-state index contributed by atoms with van der Waals surface area (Å²) in [5, 5.41) is 8.96. The van der Waals surface area contributed by atoms with E-state index in [0.717, 1.165) is 37.9 Å². The van der Waals surface area contributed by atoms with Crippen molar-refractivity contribution in [2.24, 2.45) is 0 Å². The van der Waals surface area contributed by atoms with Gasteiger partial charge in [0.2, 0.25) is 5.88 Å². The Labute approximate surface area is 108 Å². The zero-order valence-corrected chi connectivity index (χ0v) is 10.8. The maximum Gasteiger partial charge on any atom is 0.213 e. The van der Waals surface area contributed by atoms with Crippen LogP contribution in [0, 0.1) is 18.3 Å². The molecule has 1 saturated heterocycles. The standard InChI is InChI=1S/C14H19N3O/c1-12-5-6-14(16-11-12)18-9-3-8-17-7-2-4-13(17)10-15/h5-6,11,13H,2-4,7-9H2,1H3/t13-/m0/s1. The molecule has 1 aliphatic heterocycles. The highest BCUT2D eigenvalue weighted by molar-refractivity contribution is 5.16. The van der Waals surface area contributed by atoms with Gasteiger partial charge < -0.3 is 4.74 Å². The number of hydrogen-bond acceptors (Lipinski definition) is 4. The summed E-state index contributed by atoms with van der Waals surface area (Å²) >= 11 is 0. The normalized spacial score (nSPS) is 19.7. The van der Waals surface area contributed by atoms with Crippen LogP contribution in [0.2, 0.25) is 0 Å². The molecule has 0 bridgehead atoms. The fourth-order valence-electron chi connectivity index (χ4n) is 2.22. The largest absolute Gasteiger partial charge is 0.478 e. The molecule has 0 aromatic carbocycles. The van der Waals surface area contributed by atoms with Crippen molar-refractivity contribution in [2.45, 2.75) is 32.2 Å². The number of likely N-dealkylation sites (tertiary alicyclic amines) is 1. The van der Waals surface area contributed by atoms with Crippen molar-refractivity contribution >= 4 is 0 Å². The average molecular weight is 245 g/mol. The van der Waals surface area contributed by atoms with Gasteiger partial charge in [-0.1, -0.05) is 6.07 Å². The molecule has 1 fully saturated rings. The lowest BCUT2D eigenvalue weighted by Crippen LogP contribution is -2.29. The Kier molecular flexibility index (Phi) is 4.54. The van der Waals surface area contributed by atoms with Crippen molar-refractivity contribution in [3.05, 3.63) is 23.9 Å². The van der Waals surface area contributed by atoms with E-state index in [1.54, 1.807) is 0 Å². The summed E-state index contributed by atoms with van der Waals surface area (Å²) in [5.41, 5.74) is 1.14. The number of pyridine rings is 1. The third kappa shape index (κ3) is 3.44. The molecule has 0 aliphatic carbocycles. The average Bonchev–Trinajstić information content (AvgIpc) is 2.84. The second-order valence-electron chi connectivity index (χ2n) is 4.70. The first-order valence-corrected chi connectivity index (χ1v) is 6.49. The second kappa shape index (κ2) is 6.36. The molecule has 18 heavy (non-hydrogen) atoms. The predicted octanol–water partition coefficient (Wildman–Crippen LogP) is 2.15. The van der Waals surface area contributed by atoms with Gasteiger partial charge in [0.25, 0.3) is 0 Å². The van der Waals surface area contributed by atoms with Gasteiger partial charge in [0.1, 0.15) is 0 Å². The highest BCUT2D eigenvalue weighted by Gasteiger charge is 2.23. The second-order valence-corrected chi connectivity index (χ2v) is 4.70. The van der Waals surface area contributed by atoms with Crippen LogP contribution in [0.1, 0.15) is 24.8 Å². The Balaban J connectivity index is 1.67. The minimum absolute atomic E-state index is 0.113. The number of aryl methyl sites for hydroxylation is 1. The van der Waals surface area contributed by atoms with E-state index in [0.29, 0.717) is 12.5 Å². The van der Waals surface area contributed by atoms with Gasteiger partial charge in [0.05, 0.1) is 18.7 Å². The number of aromatic nitrogens is 1. The minimum atomic E-state index is 0.113. The summed E-state index contributed by atoms with van der Waals surface area (Å²) in [4.78, 5) is 6.43. The van der Waals surface area contributed by atoms with Crippen LogP contribution in [0.3, 0.4) is 0 Å². The van der Waals surface area contributed by atoms with E-state index in [1.165, 1.54) is 0 Å². The number of hydrogen-bond donors (Lipinski definition) is 0. The van der Waals surface area contributed by atoms with Crippen molar-refractivity contribution < 1.29 is 4.74 Å². The monoisotopic (exact) mass is 245 g/mol. The fraction of sp³-hybridized carbons (Fsp3) is 0.571. The molecule has 0 spiro atoms. The number of nitrogens with zero attached hydrogens (tertiary/aromatic N) is 3. The molecule has 0 N–H and O–H groups in total. The first-order chi connectivity index (χ1) is 8.79. The van der Waals surface area contributed by atoms with Crippen LogP contribution in [0.4, 0.5) is 0 Å². The Bertz CT molecular complexity index is 410. The van der Waals surface area contributed by atoms with E-state index in [4.69, 9.17) is 10.00 Å². The molecule has 1 atom stereocenters. The van der Waals surface area contributed by atoms with E-state index in [-0.39, 0.29) is 6.04 Å². The van der Waals surface area contributed by atoms with E-state index in [2.05, 4.69) is 16.0 Å². The number of rotatable bonds is 5. The number of nitriles is 1. The summed E-state index contributed by atoms with van der Waals surface area (Å²) in [6.07, 6.45) is 4.89. The zero-order valence-electron chi connectivity index (χ0n) is 10.8. The van der Waals surface area contributed by atoms with E-state index in [1.807, 2.05) is 25.3 Å². The van der Waals surface area contributed by atoms with Crippen LogP contribution < -0.4 is 4.74 Å². The van der Waals surface area contributed by atoms with Gasteiger partial charge in [-0.3, -0.25) is 4.90 Å². The van der Waals surface area contributed by atoms with Gasteiger partial charge in [-0.25, -0.2) is 4.98 Å². The summed E-state index contributed by atoms with van der Waals surface area (Å²) < 4.78 is 5.57. The first-order valence-electron chi connectivity index (χ1n) is 6.49. The van der Waals surface area contributed by atoms with Gasteiger partial charge in [-0.2, -0.15) is 5.26 Å². The summed E-state index contributed by atoms with van der Waals surface area (Å²) in [7, 11) is 0. The van der Waals surface area contributed by atoms with Crippen molar-refractivity contribution in [1.29, 1.82) is 5.26 Å². The molecule has 96 valence electrons. The lowest BCUT2D eigenvalue weighted by molar-refractivity contribution is 0.240. The quantitative estimate of drug-likeness (QED) is 0.746. The summed E-state index contributed by atoms with van der Waals surface area (Å²) in [6, 6.07) is 6.35. The molecule has 0 saturated carbocycles. The van der Waals surface area contributed by atoms with Crippen molar-refractivity contribution in [3.63, 3.8) is 0 Å². The van der Waals surface area contributed by atoms with E-state index < -0.39 is 0 Å². The van der Waals surface area contributed by atoms with E-state index in [9.17, 15) is 0 Å². The van der Waals surface area contributed by atoms with Crippen LogP contribution in [-0.4, -0.2) is 35.6 Å². The molecule has 2 rings (SSSR count). The molecular weight excluding hydrogens is 226 g/mol. The molecular formula is C14H19N3O. The van der Waals surface area contributed by atoms with Crippen LogP contribution in [0.5, 0.6) is 5.88 Å². The van der Waals surface area contributed by atoms with Crippen molar-refractivity contribution in [2.75, 3.05) is 19.7 Å². The lowest BCUT2D eigenvalue weighted by Gasteiger charge is -2.18. The molecule has 1 aromatic heterocycles. The fourth-order valence-corrected chi connectivity index (χ4v) is 2.22. The molecule has 1 aromatic rings. The molecule has 2 heterocycles. The van der Waals surface area contributed by atoms with Gasteiger partial charge in [0.15, 0.2) is 0 Å². The third-order valence-corrected chi connectivity index (χ3v) is 3.24. The molecule has 4 heteroatoms. The van der Waals surface area contributed by atoms with Gasteiger partial charge >= 0.3 is 0 Å². The molecule has 4 nitrogen and oxygen atoms in total. The zero-order chi connectivity index (χ0) is 12.8. The van der Waals surface area contributed by atoms with Crippen molar-refractivity contribution in [1.82, 2.24) is 9.88 Å². The van der Waals surface area contributed by atoms with Crippen LogP contribution in [0.15, 0.2) is 18.3 Å². The number of ether oxygens (including phenoxy) is 1. The third-order valence-electron chi connectivity index (χ3n) is 3.24. The van der Waals surface area contributed by atoms with Crippen LogP contribution in [0.25, 0.3) is 0 Å². The lowest BCUT2D eigenvalue weighted by atomic mass is 10.2. The first kappa shape index (κ1) is 12.8. The maximum absolute atomic E-state index is 8.96. The van der Waals surface area contributed by atoms with E-state index >= 15 is 0 Å². The van der Waals surface area contributed by atoms with Crippen molar-refractivity contribution in [3.8, 4) is 11.9 Å². The SMILES string of the molecule is Cc1ccc(OCCCN2CCC[C@H]2C#N)nc1. The van der Waals surface area contributed by atoms with Crippen LogP contribution >= 0.6 is 0 Å². The Morgan fingerprint density at radius 3 is 3.17 bits per heavy atom. The molecule has 1 aliphatic rings. The predicted molar refractivity (Wildman–Crippen MR) is 69.3 cm³/mol. The van der Waals surface area contributed by atoms with Crippen LogP contribution in [-0.2, 0) is 0 Å².